The number of nitrogens with one attached hydrogen (secondary N) is 1. The van der Waals surface area contributed by atoms with Crippen molar-refractivity contribution in [3.05, 3.63) is 48.0 Å². The van der Waals surface area contributed by atoms with Gasteiger partial charge in [-0.25, -0.2) is 0 Å². The molecule has 2 aromatic carbocycles. The first-order valence-corrected chi connectivity index (χ1v) is 8.29. The van der Waals surface area contributed by atoms with Gasteiger partial charge in [-0.05, 0) is 42.1 Å². The maximum absolute atomic E-state index is 12.2. The normalized spacial score (nSPS) is 22.1. The second-order valence-electron chi connectivity index (χ2n) is 6.64. The number of carbonyl (C=O) groups is 1. The van der Waals surface area contributed by atoms with Gasteiger partial charge in [-0.1, -0.05) is 42.5 Å². The summed E-state index contributed by atoms with van der Waals surface area (Å²) in [7, 11) is 0. The van der Waals surface area contributed by atoms with Gasteiger partial charge in [0.25, 0.3) is 0 Å². The lowest BCUT2D eigenvalue weighted by Crippen LogP contribution is -2.34. The maximum Gasteiger partial charge on any atom is 0.224 e. The van der Waals surface area contributed by atoms with Gasteiger partial charge >= 0.3 is 0 Å². The van der Waals surface area contributed by atoms with E-state index in [1.54, 1.807) is 0 Å². The SMILES string of the molecule is O=C(NC1CC1)C1CCN(Cc2cccc3ccccc23)C1. The van der Waals surface area contributed by atoms with Crippen LogP contribution >= 0.6 is 0 Å². The van der Waals surface area contributed by atoms with Gasteiger partial charge in [0, 0.05) is 19.1 Å². The number of rotatable bonds is 4. The first-order valence-electron chi connectivity index (χ1n) is 8.29. The Labute approximate surface area is 131 Å². The van der Waals surface area contributed by atoms with Crippen molar-refractivity contribution in [3.63, 3.8) is 0 Å². The predicted molar refractivity (Wildman–Crippen MR) is 88.5 cm³/mol. The van der Waals surface area contributed by atoms with E-state index in [4.69, 9.17) is 0 Å². The average molecular weight is 294 g/mol. The Morgan fingerprint density at radius 3 is 2.77 bits per heavy atom. The number of likely N-dealkylation sites (tertiary alicyclic amines) is 1. The standard InChI is InChI=1S/C19H22N2O/c22-19(20-17-8-9-17)16-10-11-21(13-16)12-15-6-3-5-14-4-1-2-7-18(14)15/h1-7,16-17H,8-13H2,(H,20,22). The molecule has 1 aliphatic heterocycles. The van der Waals surface area contributed by atoms with Gasteiger partial charge in [0.15, 0.2) is 0 Å². The van der Waals surface area contributed by atoms with Crippen LogP contribution in [-0.4, -0.2) is 29.9 Å². The van der Waals surface area contributed by atoms with Crippen molar-refractivity contribution < 1.29 is 4.79 Å². The molecule has 1 unspecified atom stereocenters. The number of hydrogen-bond acceptors (Lipinski definition) is 2. The lowest BCUT2D eigenvalue weighted by molar-refractivity contribution is -0.124. The number of carbonyl (C=O) groups excluding carboxylic acids is 1. The molecule has 2 aromatic rings. The molecular weight excluding hydrogens is 272 g/mol. The summed E-state index contributed by atoms with van der Waals surface area (Å²) in [6, 6.07) is 15.5. The Morgan fingerprint density at radius 2 is 1.91 bits per heavy atom. The number of amides is 1. The second kappa shape index (κ2) is 5.73. The lowest BCUT2D eigenvalue weighted by Gasteiger charge is -2.17. The predicted octanol–water partition coefficient (Wildman–Crippen LogP) is 2.94. The van der Waals surface area contributed by atoms with Gasteiger partial charge in [-0.3, -0.25) is 9.69 Å². The molecular formula is C19H22N2O. The smallest absolute Gasteiger partial charge is 0.224 e. The van der Waals surface area contributed by atoms with Crippen molar-refractivity contribution in [1.82, 2.24) is 10.2 Å². The topological polar surface area (TPSA) is 32.3 Å². The Hall–Kier alpha value is -1.87. The Balaban J connectivity index is 1.44. The highest BCUT2D eigenvalue weighted by atomic mass is 16.2. The van der Waals surface area contributed by atoms with Crippen LogP contribution in [0.3, 0.4) is 0 Å². The molecule has 22 heavy (non-hydrogen) atoms. The third-order valence-electron chi connectivity index (χ3n) is 4.84. The molecule has 2 aliphatic rings. The van der Waals surface area contributed by atoms with Crippen molar-refractivity contribution in [1.29, 1.82) is 0 Å². The molecule has 1 aliphatic carbocycles. The van der Waals surface area contributed by atoms with Crippen molar-refractivity contribution in [2.75, 3.05) is 13.1 Å². The minimum Gasteiger partial charge on any atom is -0.353 e. The highest BCUT2D eigenvalue weighted by Crippen LogP contribution is 2.25. The van der Waals surface area contributed by atoms with E-state index in [1.807, 2.05) is 0 Å². The number of nitrogens with zero attached hydrogens (tertiary/aromatic N) is 1. The van der Waals surface area contributed by atoms with E-state index in [1.165, 1.54) is 16.3 Å². The summed E-state index contributed by atoms with van der Waals surface area (Å²) < 4.78 is 0. The van der Waals surface area contributed by atoms with Crippen LogP contribution in [0.2, 0.25) is 0 Å². The minimum absolute atomic E-state index is 0.176. The van der Waals surface area contributed by atoms with E-state index >= 15 is 0 Å². The van der Waals surface area contributed by atoms with Crippen LogP contribution in [0.5, 0.6) is 0 Å². The van der Waals surface area contributed by atoms with E-state index < -0.39 is 0 Å². The van der Waals surface area contributed by atoms with Gasteiger partial charge in [0.1, 0.15) is 0 Å². The van der Waals surface area contributed by atoms with Gasteiger partial charge in [0.2, 0.25) is 5.91 Å². The maximum atomic E-state index is 12.2. The van der Waals surface area contributed by atoms with Crippen molar-refractivity contribution >= 4 is 16.7 Å². The molecule has 2 fully saturated rings. The third-order valence-corrected chi connectivity index (χ3v) is 4.84. The van der Waals surface area contributed by atoms with Crippen molar-refractivity contribution in [2.45, 2.75) is 31.8 Å². The molecule has 114 valence electrons. The fourth-order valence-electron chi connectivity index (χ4n) is 3.41. The first-order chi connectivity index (χ1) is 10.8. The summed E-state index contributed by atoms with van der Waals surface area (Å²) in [6.07, 6.45) is 3.32. The fraction of sp³-hybridized carbons (Fsp3) is 0.421. The Kier molecular flexibility index (Phi) is 3.59. The van der Waals surface area contributed by atoms with Crippen LogP contribution in [0, 0.1) is 5.92 Å². The number of fused-ring (bicyclic) bond motifs is 1. The summed E-state index contributed by atoms with van der Waals surface area (Å²) in [4.78, 5) is 14.6. The van der Waals surface area contributed by atoms with Gasteiger partial charge in [-0.15, -0.1) is 0 Å². The zero-order chi connectivity index (χ0) is 14.9. The second-order valence-corrected chi connectivity index (χ2v) is 6.64. The van der Waals surface area contributed by atoms with Crippen LogP contribution in [0.25, 0.3) is 10.8 Å². The lowest BCUT2D eigenvalue weighted by atomic mass is 10.0. The van der Waals surface area contributed by atoms with Crippen LogP contribution in [0.15, 0.2) is 42.5 Å². The largest absolute Gasteiger partial charge is 0.353 e. The monoisotopic (exact) mass is 294 g/mol. The quantitative estimate of drug-likeness (QED) is 0.940. The van der Waals surface area contributed by atoms with Crippen molar-refractivity contribution in [3.8, 4) is 0 Å². The molecule has 1 saturated carbocycles. The molecule has 1 heterocycles. The van der Waals surface area contributed by atoms with Crippen LogP contribution in [0.1, 0.15) is 24.8 Å². The summed E-state index contributed by atoms with van der Waals surface area (Å²) in [6.45, 7) is 2.85. The molecule has 3 nitrogen and oxygen atoms in total. The molecule has 0 radical (unpaired) electrons. The van der Waals surface area contributed by atoms with E-state index in [2.05, 4.69) is 52.7 Å². The highest BCUT2D eigenvalue weighted by Gasteiger charge is 2.32. The first kappa shape index (κ1) is 13.8. The van der Waals surface area contributed by atoms with E-state index in [0.29, 0.717) is 6.04 Å². The molecule has 0 bridgehead atoms. The zero-order valence-corrected chi connectivity index (χ0v) is 12.8. The molecule has 3 heteroatoms. The van der Waals surface area contributed by atoms with E-state index in [0.717, 1.165) is 38.9 Å². The zero-order valence-electron chi connectivity index (χ0n) is 12.8. The average Bonchev–Trinajstić information content (AvgIpc) is 3.23. The van der Waals surface area contributed by atoms with E-state index in [9.17, 15) is 4.79 Å². The summed E-state index contributed by atoms with van der Waals surface area (Å²) >= 11 is 0. The van der Waals surface area contributed by atoms with Gasteiger partial charge < -0.3 is 5.32 Å². The molecule has 0 aromatic heterocycles. The highest BCUT2D eigenvalue weighted by molar-refractivity contribution is 5.85. The minimum atomic E-state index is 0.176. The Morgan fingerprint density at radius 1 is 1.09 bits per heavy atom. The molecule has 4 rings (SSSR count). The number of hydrogen-bond donors (Lipinski definition) is 1. The molecule has 0 spiro atoms. The Bertz CT molecular complexity index is 687. The van der Waals surface area contributed by atoms with Gasteiger partial charge in [-0.2, -0.15) is 0 Å². The number of benzene rings is 2. The van der Waals surface area contributed by atoms with E-state index in [-0.39, 0.29) is 11.8 Å². The van der Waals surface area contributed by atoms with Crippen LogP contribution < -0.4 is 5.32 Å². The summed E-state index contributed by atoms with van der Waals surface area (Å²) in [5, 5.41) is 5.77. The van der Waals surface area contributed by atoms with Gasteiger partial charge in [0.05, 0.1) is 5.92 Å². The van der Waals surface area contributed by atoms with Crippen LogP contribution in [0.4, 0.5) is 0 Å². The molecule has 1 N–H and O–H groups in total. The van der Waals surface area contributed by atoms with Crippen LogP contribution in [-0.2, 0) is 11.3 Å². The molecule has 1 atom stereocenters. The van der Waals surface area contributed by atoms with Crippen molar-refractivity contribution in [2.24, 2.45) is 5.92 Å². The third kappa shape index (κ3) is 2.86. The molecule has 1 saturated heterocycles. The fourth-order valence-corrected chi connectivity index (χ4v) is 3.41. The summed E-state index contributed by atoms with van der Waals surface area (Å²) in [5.74, 6) is 0.443. The summed E-state index contributed by atoms with van der Waals surface area (Å²) in [5.41, 5.74) is 1.36. The molecule has 1 amide bonds.